The number of rotatable bonds is 4. The van der Waals surface area contributed by atoms with Gasteiger partial charge in [0.05, 0.1) is 18.8 Å². The molecule has 2 rings (SSSR count). The largest absolute Gasteiger partial charge is 0.395 e. The lowest BCUT2D eigenvalue weighted by atomic mass is 9.94. The van der Waals surface area contributed by atoms with Crippen LogP contribution in [0.3, 0.4) is 0 Å². The van der Waals surface area contributed by atoms with Gasteiger partial charge in [0, 0.05) is 18.1 Å². The van der Waals surface area contributed by atoms with Gasteiger partial charge in [-0.3, -0.25) is 4.90 Å². The highest BCUT2D eigenvalue weighted by molar-refractivity contribution is 6.30. The van der Waals surface area contributed by atoms with Crippen molar-refractivity contribution in [2.75, 3.05) is 19.7 Å². The van der Waals surface area contributed by atoms with Crippen molar-refractivity contribution in [2.24, 2.45) is 0 Å². The second-order valence-electron chi connectivity index (χ2n) is 5.28. The average molecular weight is 320 g/mol. The average Bonchev–Trinajstić information content (AvgIpc) is 2.46. The van der Waals surface area contributed by atoms with Gasteiger partial charge in [0.15, 0.2) is 0 Å². The van der Waals surface area contributed by atoms with Crippen molar-refractivity contribution in [3.05, 3.63) is 34.6 Å². The fourth-order valence-corrected chi connectivity index (χ4v) is 2.83. The maximum absolute atomic E-state index is 13.7. The lowest BCUT2D eigenvalue weighted by Gasteiger charge is -2.43. The standard InChI is InChI=1S/C14H19ClFNO4/c15-9-1-2-10(16)8(5-9)3-4-17-6-12(19)14(21)13(20)11(17)7-18/h1-2,5,11-14,18-21H,3-4,6-7H2/t11-,12-,13+,14+/m0/s1. The van der Waals surface area contributed by atoms with E-state index in [1.807, 2.05) is 0 Å². The molecule has 0 radical (unpaired) electrons. The quantitative estimate of drug-likeness (QED) is 0.617. The number of nitrogens with zero attached hydrogens (tertiary/aromatic N) is 1. The Balaban J connectivity index is 2.05. The van der Waals surface area contributed by atoms with Gasteiger partial charge in [-0.15, -0.1) is 0 Å². The summed E-state index contributed by atoms with van der Waals surface area (Å²) in [6, 6.07) is 3.58. The van der Waals surface area contributed by atoms with Gasteiger partial charge in [-0.25, -0.2) is 4.39 Å². The van der Waals surface area contributed by atoms with Gasteiger partial charge in [-0.1, -0.05) is 11.6 Å². The van der Waals surface area contributed by atoms with E-state index in [1.165, 1.54) is 18.2 Å². The molecular weight excluding hydrogens is 301 g/mol. The lowest BCUT2D eigenvalue weighted by Crippen LogP contribution is -2.62. The summed E-state index contributed by atoms with van der Waals surface area (Å²) in [5.41, 5.74) is 0.425. The van der Waals surface area contributed by atoms with E-state index >= 15 is 0 Å². The van der Waals surface area contributed by atoms with Crippen LogP contribution in [0, 0.1) is 5.82 Å². The van der Waals surface area contributed by atoms with E-state index < -0.39 is 24.4 Å². The van der Waals surface area contributed by atoms with E-state index in [0.717, 1.165) is 0 Å². The minimum atomic E-state index is -1.29. The number of halogens is 2. The third-order valence-electron chi connectivity index (χ3n) is 3.89. The molecule has 0 bridgehead atoms. The topological polar surface area (TPSA) is 84.2 Å². The molecule has 1 aliphatic rings. The zero-order valence-corrected chi connectivity index (χ0v) is 12.1. The van der Waals surface area contributed by atoms with Gasteiger partial charge >= 0.3 is 0 Å². The molecule has 0 amide bonds. The Morgan fingerprint density at radius 1 is 1.24 bits per heavy atom. The number of β-amino-alcohol motifs (C(OH)–C–C–N with tert-alkyl or cyclic N) is 1. The molecule has 1 aromatic carbocycles. The monoisotopic (exact) mass is 319 g/mol. The van der Waals surface area contributed by atoms with Crippen LogP contribution in [0.1, 0.15) is 5.56 Å². The lowest BCUT2D eigenvalue weighted by molar-refractivity contribution is -0.144. The molecular formula is C14H19ClFNO4. The van der Waals surface area contributed by atoms with Crippen molar-refractivity contribution in [3.63, 3.8) is 0 Å². The molecule has 1 aliphatic heterocycles. The van der Waals surface area contributed by atoms with Crippen molar-refractivity contribution in [2.45, 2.75) is 30.8 Å². The Bertz CT molecular complexity index is 490. The molecule has 1 aromatic rings. The summed E-state index contributed by atoms with van der Waals surface area (Å²) in [5, 5.41) is 39.0. The number of hydrogen-bond acceptors (Lipinski definition) is 5. The molecule has 1 heterocycles. The molecule has 1 fully saturated rings. The van der Waals surface area contributed by atoms with Gasteiger partial charge in [0.2, 0.25) is 0 Å². The fourth-order valence-electron chi connectivity index (χ4n) is 2.63. The molecule has 21 heavy (non-hydrogen) atoms. The van der Waals surface area contributed by atoms with Crippen LogP contribution in [-0.2, 0) is 6.42 Å². The van der Waals surface area contributed by atoms with Crippen molar-refractivity contribution < 1.29 is 24.8 Å². The molecule has 5 nitrogen and oxygen atoms in total. The smallest absolute Gasteiger partial charge is 0.126 e. The Morgan fingerprint density at radius 3 is 2.62 bits per heavy atom. The molecule has 118 valence electrons. The predicted molar refractivity (Wildman–Crippen MR) is 75.6 cm³/mol. The van der Waals surface area contributed by atoms with Crippen LogP contribution in [0.4, 0.5) is 4.39 Å². The third kappa shape index (κ3) is 3.71. The molecule has 0 spiro atoms. The summed E-state index contributed by atoms with van der Waals surface area (Å²) < 4.78 is 13.7. The van der Waals surface area contributed by atoms with Crippen molar-refractivity contribution in [1.82, 2.24) is 4.90 Å². The molecule has 1 saturated heterocycles. The zero-order valence-electron chi connectivity index (χ0n) is 11.4. The molecule has 7 heteroatoms. The van der Waals surface area contributed by atoms with Crippen LogP contribution in [0.15, 0.2) is 18.2 Å². The zero-order chi connectivity index (χ0) is 15.6. The Hall–Kier alpha value is -0.760. The number of likely N-dealkylation sites (tertiary alicyclic amines) is 1. The highest BCUT2D eigenvalue weighted by atomic mass is 35.5. The first-order valence-electron chi connectivity index (χ1n) is 6.77. The summed E-state index contributed by atoms with van der Waals surface area (Å²) in [6.07, 6.45) is -3.32. The summed E-state index contributed by atoms with van der Waals surface area (Å²) in [5.74, 6) is -0.377. The van der Waals surface area contributed by atoms with Gasteiger partial charge in [-0.2, -0.15) is 0 Å². The molecule has 4 atom stereocenters. The van der Waals surface area contributed by atoms with Gasteiger partial charge in [0.1, 0.15) is 18.0 Å². The molecule has 4 N–H and O–H groups in total. The van der Waals surface area contributed by atoms with E-state index in [-0.39, 0.29) is 19.0 Å². The first-order chi connectivity index (χ1) is 9.93. The van der Waals surface area contributed by atoms with Crippen LogP contribution >= 0.6 is 11.6 Å². The predicted octanol–water partition coefficient (Wildman–Crippen LogP) is -0.219. The number of aliphatic hydroxyl groups excluding tert-OH is 4. The van der Waals surface area contributed by atoms with Gasteiger partial charge in [0.25, 0.3) is 0 Å². The first kappa shape index (κ1) is 16.6. The number of benzene rings is 1. The minimum absolute atomic E-state index is 0.103. The van der Waals surface area contributed by atoms with Gasteiger partial charge in [-0.05, 0) is 30.2 Å². The normalized spacial score (nSPS) is 30.6. The van der Waals surface area contributed by atoms with Crippen LogP contribution < -0.4 is 0 Å². The van der Waals surface area contributed by atoms with E-state index in [0.29, 0.717) is 23.6 Å². The van der Waals surface area contributed by atoms with Crippen molar-refractivity contribution in [3.8, 4) is 0 Å². The highest BCUT2D eigenvalue weighted by Gasteiger charge is 2.40. The minimum Gasteiger partial charge on any atom is -0.395 e. The molecule has 0 aromatic heterocycles. The maximum atomic E-state index is 13.7. The van der Waals surface area contributed by atoms with Crippen LogP contribution in [0.25, 0.3) is 0 Å². The van der Waals surface area contributed by atoms with E-state index in [9.17, 15) is 24.8 Å². The number of hydrogen-bond donors (Lipinski definition) is 4. The second kappa shape index (κ2) is 7.00. The Kier molecular flexibility index (Phi) is 5.54. The number of aliphatic hydroxyl groups is 4. The Labute approximate surface area is 127 Å². The second-order valence-corrected chi connectivity index (χ2v) is 5.72. The Morgan fingerprint density at radius 2 is 1.95 bits per heavy atom. The summed E-state index contributed by atoms with van der Waals surface area (Å²) in [6.45, 7) is 0.0674. The molecule has 0 aliphatic carbocycles. The van der Waals surface area contributed by atoms with E-state index in [1.54, 1.807) is 4.90 Å². The molecule has 0 saturated carbocycles. The summed E-state index contributed by atoms with van der Waals surface area (Å²) in [4.78, 5) is 1.64. The summed E-state index contributed by atoms with van der Waals surface area (Å²) in [7, 11) is 0. The SMILES string of the molecule is OC[C@H]1[C@@H](O)[C@H](O)[C@@H](O)CN1CCc1cc(Cl)ccc1F. The van der Waals surface area contributed by atoms with E-state index in [2.05, 4.69) is 0 Å². The van der Waals surface area contributed by atoms with Crippen LogP contribution in [-0.4, -0.2) is 69.4 Å². The summed E-state index contributed by atoms with van der Waals surface area (Å²) >= 11 is 5.83. The van der Waals surface area contributed by atoms with Crippen molar-refractivity contribution in [1.29, 1.82) is 0 Å². The van der Waals surface area contributed by atoms with Crippen LogP contribution in [0.5, 0.6) is 0 Å². The van der Waals surface area contributed by atoms with Gasteiger partial charge < -0.3 is 20.4 Å². The van der Waals surface area contributed by atoms with E-state index in [4.69, 9.17) is 11.6 Å². The maximum Gasteiger partial charge on any atom is 0.126 e. The first-order valence-corrected chi connectivity index (χ1v) is 7.15. The van der Waals surface area contributed by atoms with Crippen molar-refractivity contribution >= 4 is 11.6 Å². The molecule has 0 unspecified atom stereocenters. The van der Waals surface area contributed by atoms with Crippen LogP contribution in [0.2, 0.25) is 5.02 Å². The fraction of sp³-hybridized carbons (Fsp3) is 0.571. The number of piperidine rings is 1. The third-order valence-corrected chi connectivity index (χ3v) is 4.13. The highest BCUT2D eigenvalue weighted by Crippen LogP contribution is 2.21.